The van der Waals surface area contributed by atoms with Crippen LogP contribution in [0.25, 0.3) is 0 Å². The first-order chi connectivity index (χ1) is 12.3. The fraction of sp³-hybridized carbons (Fsp3) is 0.476. The molecule has 2 aliphatic rings. The molecule has 2 aromatic heterocycles. The Morgan fingerprint density at radius 1 is 0.964 bits per heavy atom. The fourth-order valence-electron chi connectivity index (χ4n) is 3.51. The molecule has 0 spiro atoms. The summed E-state index contributed by atoms with van der Waals surface area (Å²) in [6.07, 6.45) is 6.37. The lowest BCUT2D eigenvalue weighted by Gasteiger charge is -2.04. The number of aromatic nitrogens is 2. The lowest BCUT2D eigenvalue weighted by molar-refractivity contribution is 0.0513. The Bertz CT molecular complexity index is 908. The number of rotatable bonds is 2. The Balaban J connectivity index is 0.000000271. The summed E-state index contributed by atoms with van der Waals surface area (Å²) in [5.41, 5.74) is 4.14. The minimum absolute atomic E-state index is 0. The van der Waals surface area contributed by atoms with Crippen LogP contribution in [0.1, 0.15) is 77.0 Å². The summed E-state index contributed by atoms with van der Waals surface area (Å²) in [7, 11) is 3.70. The van der Waals surface area contributed by atoms with Gasteiger partial charge in [0.05, 0.1) is 11.2 Å². The molecule has 0 N–H and O–H groups in total. The molecule has 2 aliphatic carbocycles. The summed E-state index contributed by atoms with van der Waals surface area (Å²) in [6, 6.07) is 0. The molecule has 0 saturated heterocycles. The summed E-state index contributed by atoms with van der Waals surface area (Å²) < 4.78 is 9.64. The second-order valence-electron chi connectivity index (χ2n) is 6.47. The van der Waals surface area contributed by atoms with Crippen LogP contribution in [0.15, 0.2) is 17.0 Å². The third-order valence-corrected chi connectivity index (χ3v) is 5.80. The van der Waals surface area contributed by atoms with E-state index in [0.717, 1.165) is 22.2 Å². The van der Waals surface area contributed by atoms with Gasteiger partial charge in [-0.3, -0.25) is 9.59 Å². The zero-order chi connectivity index (χ0) is 19.0. The van der Waals surface area contributed by atoms with Gasteiger partial charge in [0.15, 0.2) is 11.6 Å². The van der Waals surface area contributed by atoms with Gasteiger partial charge in [0, 0.05) is 50.5 Å². The topological polar surface area (TPSA) is 70.3 Å². The molecule has 0 unspecified atom stereocenters. The molecule has 0 radical (unpaired) electrons. The fourth-order valence-corrected chi connectivity index (χ4v) is 4.03. The van der Waals surface area contributed by atoms with E-state index in [1.807, 2.05) is 17.8 Å². The molecule has 0 amide bonds. The number of hydrogen-bond acceptors (Lipinski definition) is 4. The minimum Gasteiger partial charge on any atom is -0.461 e. The first-order valence-electron chi connectivity index (χ1n) is 8.60. The van der Waals surface area contributed by atoms with Gasteiger partial charge in [0.1, 0.15) is 5.69 Å². The van der Waals surface area contributed by atoms with Crippen LogP contribution in [0.2, 0.25) is 0 Å². The van der Waals surface area contributed by atoms with Gasteiger partial charge in [0.25, 0.3) is 0 Å². The Labute approximate surface area is 175 Å². The van der Waals surface area contributed by atoms with Crippen LogP contribution in [0.3, 0.4) is 0 Å². The second kappa shape index (κ2) is 9.37. The van der Waals surface area contributed by atoms with Crippen LogP contribution in [0, 0.1) is 0 Å². The molecule has 0 saturated carbocycles. The van der Waals surface area contributed by atoms with E-state index in [-0.39, 0.29) is 32.4 Å². The van der Waals surface area contributed by atoms with Gasteiger partial charge in [0.2, 0.25) is 0 Å². The highest BCUT2D eigenvalue weighted by molar-refractivity contribution is 9.10. The Morgan fingerprint density at radius 2 is 1.46 bits per heavy atom. The Hall–Kier alpha value is -2.15. The van der Waals surface area contributed by atoms with Gasteiger partial charge in [-0.15, -0.1) is 0 Å². The van der Waals surface area contributed by atoms with Crippen molar-refractivity contribution in [1.82, 2.24) is 9.13 Å². The van der Waals surface area contributed by atoms with Crippen molar-refractivity contribution in [2.75, 3.05) is 6.61 Å². The molecular formula is C21H29BrN2O4. The highest BCUT2D eigenvalue weighted by atomic mass is 79.9. The number of halogens is 1. The zero-order valence-electron chi connectivity index (χ0n) is 15.1. The number of carbonyl (C=O) groups excluding carboxylic acids is 3. The average Bonchev–Trinajstić information content (AvgIpc) is 3.29. The average molecular weight is 453 g/mol. The van der Waals surface area contributed by atoms with Crippen molar-refractivity contribution < 1.29 is 19.1 Å². The van der Waals surface area contributed by atoms with E-state index in [2.05, 4.69) is 15.9 Å². The summed E-state index contributed by atoms with van der Waals surface area (Å²) in [5, 5.41) is 0. The van der Waals surface area contributed by atoms with Gasteiger partial charge in [-0.05, 0) is 46.8 Å². The molecule has 0 bridgehead atoms. The van der Waals surface area contributed by atoms with Crippen LogP contribution >= 0.6 is 15.9 Å². The van der Waals surface area contributed by atoms with Crippen molar-refractivity contribution in [3.8, 4) is 0 Å². The van der Waals surface area contributed by atoms with Gasteiger partial charge >= 0.3 is 5.97 Å². The largest absolute Gasteiger partial charge is 0.461 e. The molecule has 2 aromatic rings. The predicted octanol–water partition coefficient (Wildman–Crippen LogP) is 4.52. The van der Waals surface area contributed by atoms with Crippen LogP contribution < -0.4 is 0 Å². The third-order valence-electron chi connectivity index (χ3n) is 4.77. The number of hydrogen-bond donors (Lipinski definition) is 0. The molecule has 2 heterocycles. The Morgan fingerprint density at radius 3 is 2.00 bits per heavy atom. The van der Waals surface area contributed by atoms with Crippen molar-refractivity contribution in [2.24, 2.45) is 14.1 Å². The highest BCUT2D eigenvalue weighted by Crippen LogP contribution is 2.30. The molecule has 0 atom stereocenters. The maximum atomic E-state index is 11.6. The summed E-state index contributed by atoms with van der Waals surface area (Å²) >= 11 is 3.44. The molecule has 0 aliphatic heterocycles. The number of Topliss-reactive ketones (excluding diaryl/α,β-unsaturated/α-hetero) is 2. The second-order valence-corrected chi connectivity index (χ2v) is 7.22. The van der Waals surface area contributed by atoms with Crippen molar-refractivity contribution in [3.63, 3.8) is 0 Å². The highest BCUT2D eigenvalue weighted by Gasteiger charge is 2.29. The van der Waals surface area contributed by atoms with Crippen molar-refractivity contribution in [1.29, 1.82) is 0 Å². The van der Waals surface area contributed by atoms with E-state index < -0.39 is 0 Å². The minimum atomic E-state index is -0.337. The van der Waals surface area contributed by atoms with Gasteiger partial charge < -0.3 is 13.9 Å². The molecule has 28 heavy (non-hydrogen) atoms. The normalized spacial score (nSPS) is 13.7. The van der Waals surface area contributed by atoms with Crippen molar-refractivity contribution in [3.05, 3.63) is 44.9 Å². The number of aryl methyl sites for hydroxylation is 2. The molecule has 7 heteroatoms. The van der Waals surface area contributed by atoms with E-state index in [1.54, 1.807) is 24.7 Å². The van der Waals surface area contributed by atoms with E-state index in [0.29, 0.717) is 37.1 Å². The van der Waals surface area contributed by atoms with E-state index >= 15 is 0 Å². The Kier molecular flexibility index (Phi) is 7.99. The number of ether oxygens (including phenoxy) is 1. The predicted molar refractivity (Wildman–Crippen MR) is 113 cm³/mol. The monoisotopic (exact) mass is 452 g/mol. The standard InChI is InChI=1S/C11H13NO3.C8H8BrNO.2CH4/c1-3-15-11(14)10-7-4-5-9(13)8(7)6-12(10)2;1-10-4-6-5(8(10)9)2-3-7(6)11;;/h6H,3-5H2,1-2H3;4H,2-3H2,1H3;2*1H4. The summed E-state index contributed by atoms with van der Waals surface area (Å²) in [4.78, 5) is 34.3. The summed E-state index contributed by atoms with van der Waals surface area (Å²) in [5.74, 6) is 0.0633. The van der Waals surface area contributed by atoms with Crippen LogP contribution in [0.5, 0.6) is 0 Å². The molecule has 0 aromatic carbocycles. The lowest BCUT2D eigenvalue weighted by atomic mass is 10.2. The molecule has 154 valence electrons. The van der Waals surface area contributed by atoms with Gasteiger partial charge in [-0.1, -0.05) is 14.9 Å². The maximum Gasteiger partial charge on any atom is 0.355 e. The number of esters is 1. The number of ketones is 2. The lowest BCUT2D eigenvalue weighted by Crippen LogP contribution is -2.11. The SMILES string of the molecule is C.C.CCOC(=O)c1c2c(cn1C)C(=O)CC2.Cn1cc2c(c1Br)CCC2=O. The van der Waals surface area contributed by atoms with E-state index in [1.165, 1.54) is 5.56 Å². The maximum absolute atomic E-state index is 11.6. The van der Waals surface area contributed by atoms with E-state index in [4.69, 9.17) is 4.74 Å². The number of carbonyl (C=O) groups is 3. The molecule has 0 fully saturated rings. The van der Waals surface area contributed by atoms with Crippen LogP contribution in [-0.2, 0) is 31.7 Å². The quantitative estimate of drug-likeness (QED) is 0.627. The number of fused-ring (bicyclic) bond motifs is 2. The van der Waals surface area contributed by atoms with E-state index in [9.17, 15) is 14.4 Å². The van der Waals surface area contributed by atoms with Crippen molar-refractivity contribution >= 4 is 33.5 Å². The first kappa shape index (κ1) is 23.9. The smallest absolute Gasteiger partial charge is 0.355 e. The number of nitrogens with zero attached hydrogens (tertiary/aromatic N) is 2. The first-order valence-corrected chi connectivity index (χ1v) is 9.39. The zero-order valence-corrected chi connectivity index (χ0v) is 16.7. The van der Waals surface area contributed by atoms with Gasteiger partial charge in [-0.2, -0.15) is 0 Å². The van der Waals surface area contributed by atoms with Gasteiger partial charge in [-0.25, -0.2) is 4.79 Å². The summed E-state index contributed by atoms with van der Waals surface area (Å²) in [6.45, 7) is 2.12. The molecular weight excluding hydrogens is 424 g/mol. The van der Waals surface area contributed by atoms with Crippen LogP contribution in [0.4, 0.5) is 0 Å². The van der Waals surface area contributed by atoms with Crippen LogP contribution in [-0.4, -0.2) is 33.3 Å². The van der Waals surface area contributed by atoms with Crippen molar-refractivity contribution in [2.45, 2.75) is 47.5 Å². The molecule has 4 rings (SSSR count). The molecule has 6 nitrogen and oxygen atoms in total. The third kappa shape index (κ3) is 4.14.